The van der Waals surface area contributed by atoms with Crippen LogP contribution in [0.25, 0.3) is 5.76 Å². The maximum atomic E-state index is 12.8. The maximum Gasteiger partial charge on any atom is 0.295 e. The number of furan rings is 1. The monoisotopic (exact) mass is 382 g/mol. The number of aliphatic hydroxyl groups excluding tert-OH is 1. The smallest absolute Gasteiger partial charge is 0.295 e. The number of carbonyl (C=O) groups excluding carboxylic acids is 2. The zero-order valence-electron chi connectivity index (χ0n) is 16.7. The Hall–Kier alpha value is -2.86. The Kier molecular flexibility index (Phi) is 5.70. The van der Waals surface area contributed by atoms with Crippen molar-refractivity contribution < 1.29 is 19.1 Å². The Morgan fingerprint density at radius 3 is 2.36 bits per heavy atom. The van der Waals surface area contributed by atoms with Crippen LogP contribution in [0.2, 0.25) is 0 Å². The third kappa shape index (κ3) is 3.87. The van der Waals surface area contributed by atoms with Crippen LogP contribution >= 0.6 is 0 Å². The molecule has 2 aromatic rings. The van der Waals surface area contributed by atoms with Crippen LogP contribution in [0.3, 0.4) is 0 Å². The van der Waals surface area contributed by atoms with Gasteiger partial charge < -0.3 is 19.3 Å². The third-order valence-corrected chi connectivity index (χ3v) is 4.90. The first kappa shape index (κ1) is 19.9. The first-order valence-electron chi connectivity index (χ1n) is 9.36. The standard InChI is InChI=1S/C22H26N2O4/c1-14-6-9-16(10-7-14)20(25)18-19(17-11-8-15(2)28-17)24(22(27)21(18)26)13-5-12-23(3)4/h6-11,19,25H,5,12-13H2,1-4H3/t19-/m1/s1. The predicted octanol–water partition coefficient (Wildman–Crippen LogP) is 3.27. The number of hydrogen-bond donors (Lipinski definition) is 1. The molecule has 0 saturated carbocycles. The molecule has 28 heavy (non-hydrogen) atoms. The second-order valence-corrected chi connectivity index (χ2v) is 7.46. The average molecular weight is 382 g/mol. The minimum Gasteiger partial charge on any atom is -0.507 e. The number of likely N-dealkylation sites (tertiary alicyclic amines) is 1. The van der Waals surface area contributed by atoms with Crippen molar-refractivity contribution in [1.82, 2.24) is 9.80 Å². The number of carbonyl (C=O) groups is 2. The van der Waals surface area contributed by atoms with Gasteiger partial charge in [0, 0.05) is 12.1 Å². The summed E-state index contributed by atoms with van der Waals surface area (Å²) in [6, 6.07) is 10.0. The van der Waals surface area contributed by atoms with E-state index in [2.05, 4.69) is 0 Å². The first-order chi connectivity index (χ1) is 13.3. The molecule has 1 aromatic carbocycles. The van der Waals surface area contributed by atoms with Gasteiger partial charge in [-0.2, -0.15) is 0 Å². The summed E-state index contributed by atoms with van der Waals surface area (Å²) in [4.78, 5) is 29.1. The molecule has 0 bridgehead atoms. The lowest BCUT2D eigenvalue weighted by Crippen LogP contribution is -2.32. The highest BCUT2D eigenvalue weighted by Crippen LogP contribution is 2.40. The molecule has 1 N–H and O–H groups in total. The number of Topliss-reactive ketones (excluding diaryl/α,β-unsaturated/α-hetero) is 1. The summed E-state index contributed by atoms with van der Waals surface area (Å²) in [7, 11) is 3.91. The van der Waals surface area contributed by atoms with Crippen molar-refractivity contribution in [1.29, 1.82) is 0 Å². The van der Waals surface area contributed by atoms with E-state index in [0.717, 1.165) is 12.1 Å². The molecule has 1 aliphatic rings. The fourth-order valence-corrected chi connectivity index (χ4v) is 3.43. The molecular weight excluding hydrogens is 356 g/mol. The normalized spacial score (nSPS) is 19.0. The van der Waals surface area contributed by atoms with Gasteiger partial charge in [0.2, 0.25) is 0 Å². The van der Waals surface area contributed by atoms with Gasteiger partial charge in [-0.05, 0) is 53.0 Å². The quantitative estimate of drug-likeness (QED) is 0.472. The number of rotatable bonds is 6. The van der Waals surface area contributed by atoms with Gasteiger partial charge in [-0.3, -0.25) is 9.59 Å². The van der Waals surface area contributed by atoms with Crippen LogP contribution < -0.4 is 0 Å². The topological polar surface area (TPSA) is 74.0 Å². The van der Waals surface area contributed by atoms with Crippen LogP contribution in [0.5, 0.6) is 0 Å². The zero-order chi connectivity index (χ0) is 20.4. The van der Waals surface area contributed by atoms with Crippen molar-refractivity contribution in [3.05, 3.63) is 64.6 Å². The van der Waals surface area contributed by atoms with E-state index >= 15 is 0 Å². The number of benzene rings is 1. The molecule has 6 nitrogen and oxygen atoms in total. The number of amides is 1. The van der Waals surface area contributed by atoms with Crippen LogP contribution in [-0.4, -0.2) is 53.8 Å². The van der Waals surface area contributed by atoms with Gasteiger partial charge in [-0.1, -0.05) is 29.8 Å². The van der Waals surface area contributed by atoms with Crippen molar-refractivity contribution in [2.75, 3.05) is 27.2 Å². The summed E-state index contributed by atoms with van der Waals surface area (Å²) < 4.78 is 5.76. The van der Waals surface area contributed by atoms with Gasteiger partial charge in [0.05, 0.1) is 5.57 Å². The molecule has 2 heterocycles. The Bertz CT molecular complexity index is 909. The Labute approximate surface area is 165 Å². The van der Waals surface area contributed by atoms with E-state index in [-0.39, 0.29) is 11.3 Å². The van der Waals surface area contributed by atoms with Gasteiger partial charge in [0.25, 0.3) is 11.7 Å². The van der Waals surface area contributed by atoms with Crippen LogP contribution in [-0.2, 0) is 9.59 Å². The van der Waals surface area contributed by atoms with Gasteiger partial charge >= 0.3 is 0 Å². The predicted molar refractivity (Wildman–Crippen MR) is 107 cm³/mol. The lowest BCUT2D eigenvalue weighted by atomic mass is 9.99. The van der Waals surface area contributed by atoms with Crippen LogP contribution in [0.4, 0.5) is 0 Å². The molecule has 1 amide bonds. The van der Waals surface area contributed by atoms with Crippen LogP contribution in [0, 0.1) is 13.8 Å². The Balaban J connectivity index is 2.05. The first-order valence-corrected chi connectivity index (χ1v) is 9.36. The highest BCUT2D eigenvalue weighted by Gasteiger charge is 2.47. The van der Waals surface area contributed by atoms with Gasteiger partial charge in [0.1, 0.15) is 23.3 Å². The lowest BCUT2D eigenvalue weighted by molar-refractivity contribution is -0.140. The van der Waals surface area contributed by atoms with Crippen LogP contribution in [0.15, 0.2) is 46.4 Å². The number of ketones is 1. The van der Waals surface area contributed by atoms with E-state index in [1.807, 2.05) is 45.0 Å². The average Bonchev–Trinajstić information content (AvgIpc) is 3.18. The Morgan fingerprint density at radius 1 is 1.11 bits per heavy atom. The Morgan fingerprint density at radius 2 is 1.79 bits per heavy atom. The number of aryl methyl sites for hydroxylation is 2. The summed E-state index contributed by atoms with van der Waals surface area (Å²) in [6.45, 7) is 4.93. The summed E-state index contributed by atoms with van der Waals surface area (Å²) >= 11 is 0. The highest BCUT2D eigenvalue weighted by molar-refractivity contribution is 6.46. The molecule has 0 radical (unpaired) electrons. The maximum absolute atomic E-state index is 12.8. The van der Waals surface area contributed by atoms with E-state index in [1.54, 1.807) is 24.3 Å². The summed E-state index contributed by atoms with van der Waals surface area (Å²) in [5.41, 5.74) is 1.62. The van der Waals surface area contributed by atoms with E-state index in [4.69, 9.17) is 4.42 Å². The zero-order valence-corrected chi connectivity index (χ0v) is 16.7. The molecule has 3 rings (SSSR count). The molecule has 0 aliphatic carbocycles. The molecule has 6 heteroatoms. The van der Waals surface area contributed by atoms with E-state index in [1.165, 1.54) is 4.90 Å². The summed E-state index contributed by atoms with van der Waals surface area (Å²) in [5.74, 6) is -0.291. The molecule has 1 atom stereocenters. The molecule has 148 valence electrons. The lowest BCUT2D eigenvalue weighted by Gasteiger charge is -2.24. The summed E-state index contributed by atoms with van der Waals surface area (Å²) in [6.07, 6.45) is 0.709. The highest BCUT2D eigenvalue weighted by atomic mass is 16.3. The van der Waals surface area contributed by atoms with Crippen LogP contribution in [0.1, 0.15) is 35.1 Å². The SMILES string of the molecule is Cc1ccc(C(O)=C2C(=O)C(=O)N(CCCN(C)C)[C@@H]2c2ccc(C)o2)cc1. The fraction of sp³-hybridized carbons (Fsp3) is 0.364. The van der Waals surface area contributed by atoms with E-state index < -0.39 is 17.7 Å². The minimum absolute atomic E-state index is 0.0769. The second-order valence-electron chi connectivity index (χ2n) is 7.46. The molecular formula is C22H26N2O4. The molecule has 1 aliphatic heterocycles. The number of nitrogens with zero attached hydrogens (tertiary/aromatic N) is 2. The minimum atomic E-state index is -0.725. The van der Waals surface area contributed by atoms with Crippen molar-refractivity contribution in [3.8, 4) is 0 Å². The van der Waals surface area contributed by atoms with Crippen molar-refractivity contribution in [3.63, 3.8) is 0 Å². The molecule has 0 spiro atoms. The number of hydrogen-bond acceptors (Lipinski definition) is 5. The molecule has 1 aromatic heterocycles. The molecule has 1 fully saturated rings. The van der Waals surface area contributed by atoms with E-state index in [9.17, 15) is 14.7 Å². The third-order valence-electron chi connectivity index (χ3n) is 4.90. The van der Waals surface area contributed by atoms with Crippen molar-refractivity contribution >= 4 is 17.4 Å². The molecule has 0 unspecified atom stereocenters. The van der Waals surface area contributed by atoms with Gasteiger partial charge in [-0.15, -0.1) is 0 Å². The largest absolute Gasteiger partial charge is 0.507 e. The van der Waals surface area contributed by atoms with Gasteiger partial charge in [-0.25, -0.2) is 0 Å². The molecule has 1 saturated heterocycles. The van der Waals surface area contributed by atoms with Crippen molar-refractivity contribution in [2.24, 2.45) is 0 Å². The summed E-state index contributed by atoms with van der Waals surface area (Å²) in [5, 5.41) is 10.9. The second kappa shape index (κ2) is 8.02. The number of aliphatic hydroxyl groups is 1. The van der Waals surface area contributed by atoms with Gasteiger partial charge in [0.15, 0.2) is 0 Å². The van der Waals surface area contributed by atoms with E-state index in [0.29, 0.717) is 30.0 Å². The fourth-order valence-electron chi connectivity index (χ4n) is 3.43. The van der Waals surface area contributed by atoms with Crippen molar-refractivity contribution in [2.45, 2.75) is 26.3 Å².